The van der Waals surface area contributed by atoms with E-state index in [2.05, 4.69) is 52.5 Å². The Morgan fingerprint density at radius 2 is 1.67 bits per heavy atom. The average Bonchev–Trinajstić information content (AvgIpc) is 2.97. The van der Waals surface area contributed by atoms with Crippen molar-refractivity contribution in [2.24, 2.45) is 5.10 Å². The number of hydrogen-bond acceptors (Lipinski definition) is 3. The van der Waals surface area contributed by atoms with E-state index in [1.54, 1.807) is 24.3 Å². The average molecular weight is 423 g/mol. The summed E-state index contributed by atoms with van der Waals surface area (Å²) < 4.78 is 2.14. The van der Waals surface area contributed by atoms with E-state index in [1.165, 1.54) is 17.3 Å². The number of carbonyl (C=O) groups excluding carboxylic acids is 2. The van der Waals surface area contributed by atoms with E-state index < -0.39 is 11.8 Å². The molecule has 0 radical (unpaired) electrons. The number of hydrogen-bond donors (Lipinski definition) is 2. The van der Waals surface area contributed by atoms with Crippen LogP contribution in [0.2, 0.25) is 5.02 Å². The summed E-state index contributed by atoms with van der Waals surface area (Å²) in [5.41, 5.74) is 9.10. The summed E-state index contributed by atoms with van der Waals surface area (Å²) in [7, 11) is 0. The predicted molar refractivity (Wildman–Crippen MR) is 121 cm³/mol. The van der Waals surface area contributed by atoms with Gasteiger partial charge in [-0.05, 0) is 69.7 Å². The predicted octanol–water partition coefficient (Wildman–Crippen LogP) is 4.45. The van der Waals surface area contributed by atoms with Gasteiger partial charge in [0.1, 0.15) is 0 Å². The minimum Gasteiger partial charge on any atom is -0.318 e. The lowest BCUT2D eigenvalue weighted by Gasteiger charge is -2.13. The Bertz CT molecular complexity index is 1130. The number of nitrogens with one attached hydrogen (secondary N) is 2. The maximum absolute atomic E-state index is 12.0. The van der Waals surface area contributed by atoms with Gasteiger partial charge in [-0.15, -0.1) is 0 Å². The van der Waals surface area contributed by atoms with Gasteiger partial charge in [0.25, 0.3) is 0 Å². The van der Waals surface area contributed by atoms with E-state index in [-0.39, 0.29) is 0 Å². The quantitative estimate of drug-likeness (QED) is 0.370. The second kappa shape index (κ2) is 8.97. The molecule has 0 aliphatic heterocycles. The first-order valence-corrected chi connectivity index (χ1v) is 9.80. The number of aromatic nitrogens is 1. The fourth-order valence-electron chi connectivity index (χ4n) is 3.28. The van der Waals surface area contributed by atoms with Crippen molar-refractivity contribution < 1.29 is 9.59 Å². The van der Waals surface area contributed by atoms with Crippen molar-refractivity contribution in [1.82, 2.24) is 9.99 Å². The van der Waals surface area contributed by atoms with E-state index in [0.29, 0.717) is 10.7 Å². The van der Waals surface area contributed by atoms with E-state index in [1.807, 2.05) is 19.9 Å². The minimum atomic E-state index is -0.857. The molecule has 2 N–H and O–H groups in total. The zero-order valence-electron chi connectivity index (χ0n) is 17.3. The molecule has 3 aromatic rings. The number of rotatable bonds is 4. The number of amides is 2. The second-order valence-electron chi connectivity index (χ2n) is 7.11. The molecule has 6 nitrogen and oxygen atoms in total. The number of anilines is 1. The van der Waals surface area contributed by atoms with Gasteiger partial charge < -0.3 is 9.88 Å². The summed E-state index contributed by atoms with van der Waals surface area (Å²) in [6.45, 7) is 8.15. The van der Waals surface area contributed by atoms with Crippen LogP contribution in [-0.2, 0) is 9.59 Å². The van der Waals surface area contributed by atoms with Crippen molar-refractivity contribution >= 4 is 35.3 Å². The summed E-state index contributed by atoms with van der Waals surface area (Å²) in [4.78, 5) is 24.0. The van der Waals surface area contributed by atoms with Gasteiger partial charge >= 0.3 is 11.8 Å². The molecule has 0 unspecified atom stereocenters. The van der Waals surface area contributed by atoms with Crippen LogP contribution < -0.4 is 10.7 Å². The van der Waals surface area contributed by atoms with Gasteiger partial charge in [-0.3, -0.25) is 9.59 Å². The lowest BCUT2D eigenvalue weighted by molar-refractivity contribution is -0.136. The second-order valence-corrected chi connectivity index (χ2v) is 7.55. The summed E-state index contributed by atoms with van der Waals surface area (Å²) in [6.07, 6.45) is 1.54. The molecule has 0 aliphatic carbocycles. The molecule has 0 fully saturated rings. The Morgan fingerprint density at radius 1 is 0.967 bits per heavy atom. The molecular formula is C23H23ClN4O2. The van der Waals surface area contributed by atoms with Gasteiger partial charge in [-0.1, -0.05) is 29.3 Å². The van der Waals surface area contributed by atoms with Crippen LogP contribution in [0.25, 0.3) is 5.69 Å². The third-order valence-corrected chi connectivity index (χ3v) is 4.99. The SMILES string of the molecule is Cc1ccc(-n2c(C)cc(C=NNC(=O)C(=O)Nc3ccc(Cl)cc3)c2C)c(C)c1. The zero-order chi connectivity index (χ0) is 21.8. The molecule has 0 spiro atoms. The smallest absolute Gasteiger partial charge is 0.318 e. The number of carbonyl (C=O) groups is 2. The van der Waals surface area contributed by atoms with Crippen molar-refractivity contribution in [3.8, 4) is 5.69 Å². The van der Waals surface area contributed by atoms with E-state index in [0.717, 1.165) is 22.6 Å². The molecule has 0 bridgehead atoms. The largest absolute Gasteiger partial charge is 0.329 e. The molecular weight excluding hydrogens is 400 g/mol. The van der Waals surface area contributed by atoms with Gasteiger partial charge in [0.2, 0.25) is 0 Å². The lowest BCUT2D eigenvalue weighted by Crippen LogP contribution is -2.32. The van der Waals surface area contributed by atoms with Crippen LogP contribution in [0.4, 0.5) is 5.69 Å². The summed E-state index contributed by atoms with van der Waals surface area (Å²) >= 11 is 5.80. The minimum absolute atomic E-state index is 0.473. The number of nitrogens with zero attached hydrogens (tertiary/aromatic N) is 2. The lowest BCUT2D eigenvalue weighted by atomic mass is 10.1. The van der Waals surface area contributed by atoms with Crippen molar-refractivity contribution in [2.45, 2.75) is 27.7 Å². The van der Waals surface area contributed by atoms with Crippen LogP contribution in [-0.4, -0.2) is 22.6 Å². The first-order valence-electron chi connectivity index (χ1n) is 9.43. The highest BCUT2D eigenvalue weighted by atomic mass is 35.5. The van der Waals surface area contributed by atoms with Crippen molar-refractivity contribution in [3.05, 3.63) is 81.6 Å². The fourth-order valence-corrected chi connectivity index (χ4v) is 3.40. The van der Waals surface area contributed by atoms with Crippen LogP contribution in [0, 0.1) is 27.7 Å². The highest BCUT2D eigenvalue weighted by molar-refractivity contribution is 6.39. The summed E-state index contributed by atoms with van der Waals surface area (Å²) in [5, 5.41) is 6.97. The Kier molecular flexibility index (Phi) is 6.37. The monoisotopic (exact) mass is 422 g/mol. The topological polar surface area (TPSA) is 75.5 Å². The third kappa shape index (κ3) is 4.78. The van der Waals surface area contributed by atoms with E-state index in [9.17, 15) is 9.59 Å². The number of hydrazone groups is 1. The highest BCUT2D eigenvalue weighted by Gasteiger charge is 2.14. The third-order valence-electron chi connectivity index (χ3n) is 4.74. The molecule has 0 saturated heterocycles. The Labute approximate surface area is 180 Å². The number of benzene rings is 2. The molecule has 0 aliphatic rings. The Balaban J connectivity index is 1.70. The maximum atomic E-state index is 12.0. The molecule has 0 saturated carbocycles. The van der Waals surface area contributed by atoms with Gasteiger partial charge in [0.15, 0.2) is 0 Å². The Morgan fingerprint density at radius 3 is 2.33 bits per heavy atom. The molecule has 1 heterocycles. The number of halogens is 1. The first kappa shape index (κ1) is 21.3. The van der Waals surface area contributed by atoms with E-state index >= 15 is 0 Å². The maximum Gasteiger partial charge on any atom is 0.329 e. The molecule has 3 rings (SSSR count). The van der Waals surface area contributed by atoms with E-state index in [4.69, 9.17) is 11.6 Å². The van der Waals surface area contributed by atoms with Crippen LogP contribution >= 0.6 is 11.6 Å². The first-order chi connectivity index (χ1) is 14.3. The zero-order valence-corrected chi connectivity index (χ0v) is 18.0. The molecule has 0 atom stereocenters. The molecule has 30 heavy (non-hydrogen) atoms. The van der Waals surface area contributed by atoms with Crippen molar-refractivity contribution in [2.75, 3.05) is 5.32 Å². The molecule has 2 aromatic carbocycles. The Hall–Kier alpha value is -3.38. The fraction of sp³-hybridized carbons (Fsp3) is 0.174. The molecule has 2 amide bonds. The summed E-state index contributed by atoms with van der Waals surface area (Å²) in [6, 6.07) is 14.8. The standard InChI is InChI=1S/C23H23ClN4O2/c1-14-5-10-21(15(2)11-14)28-16(3)12-18(17(28)4)13-25-27-23(30)22(29)26-20-8-6-19(24)7-9-20/h5-13H,1-4H3,(H,26,29)(H,27,30). The molecule has 1 aromatic heterocycles. The summed E-state index contributed by atoms with van der Waals surface area (Å²) in [5.74, 6) is -1.67. The van der Waals surface area contributed by atoms with Gasteiger partial charge in [0, 0.05) is 33.3 Å². The number of aryl methyl sites for hydroxylation is 3. The van der Waals surface area contributed by atoms with Crippen LogP contribution in [0.15, 0.2) is 53.6 Å². The normalized spacial score (nSPS) is 11.0. The molecule has 154 valence electrons. The highest BCUT2D eigenvalue weighted by Crippen LogP contribution is 2.23. The van der Waals surface area contributed by atoms with Crippen LogP contribution in [0.1, 0.15) is 28.1 Å². The van der Waals surface area contributed by atoms with Crippen LogP contribution in [0.5, 0.6) is 0 Å². The van der Waals surface area contributed by atoms with Gasteiger partial charge in [-0.2, -0.15) is 5.10 Å². The van der Waals surface area contributed by atoms with Gasteiger partial charge in [0.05, 0.1) is 6.21 Å². The molecule has 7 heteroatoms. The van der Waals surface area contributed by atoms with Crippen LogP contribution in [0.3, 0.4) is 0 Å². The van der Waals surface area contributed by atoms with Crippen molar-refractivity contribution in [3.63, 3.8) is 0 Å². The van der Waals surface area contributed by atoms with Crippen molar-refractivity contribution in [1.29, 1.82) is 0 Å². The van der Waals surface area contributed by atoms with Gasteiger partial charge in [-0.25, -0.2) is 5.43 Å².